The van der Waals surface area contributed by atoms with Crippen molar-refractivity contribution in [3.8, 4) is 0 Å². The molecular formula is C11H16N2O5. The van der Waals surface area contributed by atoms with Gasteiger partial charge in [-0.1, -0.05) is 0 Å². The molecule has 1 heterocycles. The number of hydrogen-bond acceptors (Lipinski definition) is 6. The minimum Gasteiger partial charge on any atom is -0.463 e. The number of carbonyl (C=O) groups is 2. The quantitative estimate of drug-likeness (QED) is 0.815. The molecule has 0 unspecified atom stereocenters. The maximum Gasteiger partial charge on any atom is 0.415 e. The van der Waals surface area contributed by atoms with Gasteiger partial charge in [0.05, 0.1) is 12.8 Å². The number of nitrogens with zero attached hydrogens (tertiary/aromatic N) is 1. The summed E-state index contributed by atoms with van der Waals surface area (Å²) in [6.45, 7) is 6.75. The second-order valence-corrected chi connectivity index (χ2v) is 4.55. The van der Waals surface area contributed by atoms with Crippen LogP contribution in [0.2, 0.25) is 0 Å². The van der Waals surface area contributed by atoms with Crippen molar-refractivity contribution < 1.29 is 23.5 Å². The summed E-state index contributed by atoms with van der Waals surface area (Å²) in [5, 5.41) is 2.29. The minimum absolute atomic E-state index is 0.0523. The number of nitrogens with one attached hydrogen (secondary N) is 1. The Hall–Kier alpha value is -2.05. The summed E-state index contributed by atoms with van der Waals surface area (Å²) in [5.41, 5.74) is -0.301. The van der Waals surface area contributed by atoms with E-state index in [1.807, 2.05) is 0 Å². The van der Waals surface area contributed by atoms with Crippen molar-refractivity contribution in [3.63, 3.8) is 0 Å². The van der Waals surface area contributed by atoms with Crippen LogP contribution in [0.25, 0.3) is 0 Å². The molecule has 0 atom stereocenters. The van der Waals surface area contributed by atoms with E-state index in [0.29, 0.717) is 5.69 Å². The second kappa shape index (κ2) is 5.07. The van der Waals surface area contributed by atoms with Gasteiger partial charge in [-0.2, -0.15) is 4.98 Å². The Kier molecular flexibility index (Phi) is 3.95. The lowest BCUT2D eigenvalue weighted by Gasteiger charge is -2.18. The third-order valence-electron chi connectivity index (χ3n) is 1.78. The van der Waals surface area contributed by atoms with Gasteiger partial charge >= 0.3 is 18.1 Å². The minimum atomic E-state index is -0.708. The van der Waals surface area contributed by atoms with E-state index in [1.54, 1.807) is 27.7 Å². The Morgan fingerprint density at radius 1 is 1.33 bits per heavy atom. The van der Waals surface area contributed by atoms with Crippen LogP contribution in [0.5, 0.6) is 0 Å². The number of aromatic nitrogens is 1. The van der Waals surface area contributed by atoms with Crippen molar-refractivity contribution in [1.82, 2.24) is 4.98 Å². The van der Waals surface area contributed by atoms with Gasteiger partial charge in [0.25, 0.3) is 0 Å². The number of amides is 1. The van der Waals surface area contributed by atoms with Crippen LogP contribution in [-0.2, 0) is 9.47 Å². The molecule has 1 amide bonds. The van der Waals surface area contributed by atoms with Crippen molar-refractivity contribution in [2.45, 2.75) is 33.3 Å². The molecule has 0 aliphatic carbocycles. The maximum absolute atomic E-state index is 11.4. The lowest BCUT2D eigenvalue weighted by Crippen LogP contribution is -2.27. The van der Waals surface area contributed by atoms with E-state index in [1.165, 1.54) is 7.11 Å². The number of aryl methyl sites for hydroxylation is 1. The first kappa shape index (κ1) is 14.0. The molecule has 7 heteroatoms. The zero-order chi connectivity index (χ0) is 13.9. The van der Waals surface area contributed by atoms with E-state index in [-0.39, 0.29) is 11.8 Å². The maximum atomic E-state index is 11.4. The van der Waals surface area contributed by atoms with Crippen LogP contribution >= 0.6 is 0 Å². The number of methoxy groups -OCH3 is 1. The number of oxazole rings is 1. The van der Waals surface area contributed by atoms with Crippen molar-refractivity contribution in [1.29, 1.82) is 0 Å². The smallest absolute Gasteiger partial charge is 0.415 e. The number of esters is 1. The molecule has 0 radical (unpaired) electrons. The van der Waals surface area contributed by atoms with Crippen LogP contribution in [0.4, 0.5) is 10.8 Å². The zero-order valence-corrected chi connectivity index (χ0v) is 11.0. The van der Waals surface area contributed by atoms with Crippen LogP contribution in [0, 0.1) is 6.92 Å². The SMILES string of the molecule is COC(=O)c1oc(NC(=O)OC(C)(C)C)nc1C. The molecular weight excluding hydrogens is 240 g/mol. The third-order valence-corrected chi connectivity index (χ3v) is 1.78. The van der Waals surface area contributed by atoms with Gasteiger partial charge in [0.15, 0.2) is 0 Å². The summed E-state index contributed by atoms with van der Waals surface area (Å²) >= 11 is 0. The van der Waals surface area contributed by atoms with Crippen LogP contribution in [0.15, 0.2) is 4.42 Å². The highest BCUT2D eigenvalue weighted by atomic mass is 16.6. The highest BCUT2D eigenvalue weighted by Gasteiger charge is 2.21. The summed E-state index contributed by atoms with van der Waals surface area (Å²) in [6, 6.07) is -0.109. The van der Waals surface area contributed by atoms with Crippen LogP contribution in [0.3, 0.4) is 0 Å². The van der Waals surface area contributed by atoms with E-state index in [0.717, 1.165) is 0 Å². The number of rotatable bonds is 2. The van der Waals surface area contributed by atoms with Gasteiger partial charge in [-0.15, -0.1) is 0 Å². The van der Waals surface area contributed by atoms with Crippen LogP contribution in [0.1, 0.15) is 37.0 Å². The molecule has 100 valence electrons. The molecule has 1 aromatic rings. The average Bonchev–Trinajstić information content (AvgIpc) is 2.55. The average molecular weight is 256 g/mol. The molecule has 0 fully saturated rings. The van der Waals surface area contributed by atoms with Crippen molar-refractivity contribution in [3.05, 3.63) is 11.5 Å². The first-order chi connectivity index (χ1) is 8.23. The lowest BCUT2D eigenvalue weighted by molar-refractivity contribution is 0.0558. The summed E-state index contributed by atoms with van der Waals surface area (Å²) in [6.07, 6.45) is -0.708. The van der Waals surface area contributed by atoms with Gasteiger partial charge < -0.3 is 13.9 Å². The second-order valence-electron chi connectivity index (χ2n) is 4.55. The molecule has 0 aliphatic rings. The molecule has 0 spiro atoms. The van der Waals surface area contributed by atoms with Gasteiger partial charge in [-0.25, -0.2) is 14.9 Å². The molecule has 0 saturated heterocycles. The topological polar surface area (TPSA) is 90.7 Å². The van der Waals surface area contributed by atoms with Gasteiger partial charge in [0.2, 0.25) is 5.76 Å². The molecule has 7 nitrogen and oxygen atoms in total. The number of carbonyl (C=O) groups excluding carboxylic acids is 2. The van der Waals surface area contributed by atoms with Crippen molar-refractivity contribution >= 4 is 18.1 Å². The van der Waals surface area contributed by atoms with Crippen molar-refractivity contribution in [2.75, 3.05) is 12.4 Å². The predicted octanol–water partition coefficient (Wildman–Crippen LogP) is 2.12. The summed E-state index contributed by atoms with van der Waals surface area (Å²) < 4.78 is 14.6. The highest BCUT2D eigenvalue weighted by Crippen LogP contribution is 2.16. The monoisotopic (exact) mass is 256 g/mol. The Balaban J connectivity index is 2.75. The fraction of sp³-hybridized carbons (Fsp3) is 0.545. The summed E-state index contributed by atoms with van der Waals surface area (Å²) in [7, 11) is 1.23. The first-order valence-electron chi connectivity index (χ1n) is 5.28. The number of ether oxygens (including phenoxy) is 2. The largest absolute Gasteiger partial charge is 0.463 e. The Morgan fingerprint density at radius 3 is 2.44 bits per heavy atom. The first-order valence-corrected chi connectivity index (χ1v) is 5.28. The molecule has 0 aliphatic heterocycles. The highest BCUT2D eigenvalue weighted by molar-refractivity contribution is 5.88. The van der Waals surface area contributed by atoms with Gasteiger partial charge in [0.1, 0.15) is 5.60 Å². The normalized spacial score (nSPS) is 10.9. The van der Waals surface area contributed by atoms with Gasteiger partial charge in [-0.05, 0) is 27.7 Å². The Bertz CT molecular complexity index is 458. The van der Waals surface area contributed by atoms with E-state index < -0.39 is 17.7 Å². The van der Waals surface area contributed by atoms with Crippen LogP contribution < -0.4 is 5.32 Å². The fourth-order valence-corrected chi connectivity index (χ4v) is 1.12. The summed E-state index contributed by atoms with van der Waals surface area (Å²) in [4.78, 5) is 26.6. The number of hydrogen-bond donors (Lipinski definition) is 1. The lowest BCUT2D eigenvalue weighted by atomic mass is 10.2. The molecule has 1 N–H and O–H groups in total. The van der Waals surface area contributed by atoms with E-state index in [4.69, 9.17) is 9.15 Å². The molecule has 0 aromatic carbocycles. The van der Waals surface area contributed by atoms with E-state index in [2.05, 4.69) is 15.0 Å². The number of anilines is 1. The molecule has 0 saturated carbocycles. The predicted molar refractivity (Wildman–Crippen MR) is 62.4 cm³/mol. The standard InChI is InChI=1S/C11H16N2O5/c1-6-7(8(14)16-5)17-9(12-6)13-10(15)18-11(2,3)4/h1-5H3,(H,12,13,15). The van der Waals surface area contributed by atoms with E-state index in [9.17, 15) is 9.59 Å². The summed E-state index contributed by atoms with van der Waals surface area (Å²) in [5.74, 6) is -0.708. The Morgan fingerprint density at radius 2 is 1.94 bits per heavy atom. The molecule has 1 aromatic heterocycles. The third kappa shape index (κ3) is 3.76. The molecule has 1 rings (SSSR count). The molecule has 0 bridgehead atoms. The fourth-order valence-electron chi connectivity index (χ4n) is 1.12. The zero-order valence-electron chi connectivity index (χ0n) is 11.0. The Labute approximate surface area is 104 Å². The molecule has 18 heavy (non-hydrogen) atoms. The van der Waals surface area contributed by atoms with Gasteiger partial charge in [0, 0.05) is 0 Å². The van der Waals surface area contributed by atoms with Gasteiger partial charge in [-0.3, -0.25) is 0 Å². The van der Waals surface area contributed by atoms with Crippen LogP contribution in [-0.4, -0.2) is 29.8 Å². The van der Waals surface area contributed by atoms with E-state index >= 15 is 0 Å². The van der Waals surface area contributed by atoms with Crippen molar-refractivity contribution in [2.24, 2.45) is 0 Å².